The van der Waals surface area contributed by atoms with E-state index in [0.29, 0.717) is 11.3 Å². The zero-order valence-electron chi connectivity index (χ0n) is 17.3. The predicted molar refractivity (Wildman–Crippen MR) is 117 cm³/mol. The number of nitrogens with one attached hydrogen (secondary N) is 2. The summed E-state index contributed by atoms with van der Waals surface area (Å²) in [5, 5.41) is 2.90. The highest BCUT2D eigenvalue weighted by Crippen LogP contribution is 2.26. The Morgan fingerprint density at radius 2 is 1.65 bits per heavy atom. The van der Waals surface area contributed by atoms with Gasteiger partial charge in [-0.2, -0.15) is 0 Å². The third-order valence-corrected chi connectivity index (χ3v) is 6.12. The van der Waals surface area contributed by atoms with Gasteiger partial charge in [-0.3, -0.25) is 9.52 Å². The summed E-state index contributed by atoms with van der Waals surface area (Å²) in [6, 6.07) is 16.0. The van der Waals surface area contributed by atoms with Gasteiger partial charge in [-0.15, -0.1) is 0 Å². The predicted octanol–water partition coefficient (Wildman–Crippen LogP) is 4.43. The normalized spacial score (nSPS) is 12.1. The largest absolute Gasteiger partial charge is 0.496 e. The second-order valence-corrected chi connectivity index (χ2v) is 8.76. The molecule has 0 aliphatic carbocycles. The van der Waals surface area contributed by atoms with E-state index >= 15 is 0 Å². The van der Waals surface area contributed by atoms with Gasteiger partial charge in [-0.1, -0.05) is 17.7 Å². The first-order valence-corrected chi connectivity index (χ1v) is 11.0. The summed E-state index contributed by atoms with van der Waals surface area (Å²) >= 11 is 0. The maximum absolute atomic E-state index is 13.0. The molecule has 0 heterocycles. The lowest BCUT2D eigenvalue weighted by atomic mass is 10.0. The van der Waals surface area contributed by atoms with Crippen LogP contribution in [0.5, 0.6) is 5.75 Å². The van der Waals surface area contributed by atoms with Crippen molar-refractivity contribution in [1.29, 1.82) is 0 Å². The molecule has 0 aromatic heterocycles. The molecule has 0 aliphatic rings. The molecule has 162 valence electrons. The maximum atomic E-state index is 13.0. The highest BCUT2D eigenvalue weighted by molar-refractivity contribution is 7.92. The second kappa shape index (κ2) is 9.18. The molecule has 3 aromatic carbocycles. The minimum absolute atomic E-state index is 0.0122. The number of methoxy groups -OCH3 is 1. The van der Waals surface area contributed by atoms with E-state index < -0.39 is 15.8 Å². The van der Waals surface area contributed by atoms with Crippen LogP contribution in [0.15, 0.2) is 71.6 Å². The van der Waals surface area contributed by atoms with E-state index in [9.17, 15) is 17.6 Å². The topological polar surface area (TPSA) is 84.5 Å². The standard InChI is InChI=1S/C23H23FN2O4S/c1-15-4-13-22(30-3)21(14-15)16(2)25-23(27)17-5-11-20(12-6-17)31(28,29)26-19-9-7-18(24)8-10-19/h4-14,16,26H,1-3H3,(H,25,27). The highest BCUT2D eigenvalue weighted by atomic mass is 32.2. The quantitative estimate of drug-likeness (QED) is 0.567. The number of amides is 1. The van der Waals surface area contributed by atoms with Crippen molar-refractivity contribution in [2.45, 2.75) is 24.8 Å². The lowest BCUT2D eigenvalue weighted by molar-refractivity contribution is 0.0939. The third kappa shape index (κ3) is 5.40. The van der Waals surface area contributed by atoms with Crippen molar-refractivity contribution in [2.75, 3.05) is 11.8 Å². The molecule has 1 amide bonds. The van der Waals surface area contributed by atoms with Crippen LogP contribution in [0.1, 0.15) is 34.5 Å². The molecule has 1 atom stereocenters. The van der Waals surface area contributed by atoms with Gasteiger partial charge >= 0.3 is 0 Å². The van der Waals surface area contributed by atoms with Gasteiger partial charge in [0.15, 0.2) is 0 Å². The number of rotatable bonds is 7. The van der Waals surface area contributed by atoms with Crippen molar-refractivity contribution in [1.82, 2.24) is 5.32 Å². The fourth-order valence-corrected chi connectivity index (χ4v) is 4.13. The molecule has 0 radical (unpaired) electrons. The number of hydrogen-bond acceptors (Lipinski definition) is 4. The molecule has 1 unspecified atom stereocenters. The minimum Gasteiger partial charge on any atom is -0.496 e. The summed E-state index contributed by atoms with van der Waals surface area (Å²) < 4.78 is 45.8. The Hall–Kier alpha value is -3.39. The van der Waals surface area contributed by atoms with Gasteiger partial charge < -0.3 is 10.1 Å². The minimum atomic E-state index is -3.87. The Labute approximate surface area is 181 Å². The summed E-state index contributed by atoms with van der Waals surface area (Å²) in [5.41, 5.74) is 2.45. The van der Waals surface area contributed by atoms with E-state index in [0.717, 1.165) is 23.3 Å². The van der Waals surface area contributed by atoms with E-state index in [1.165, 1.54) is 36.4 Å². The smallest absolute Gasteiger partial charge is 0.261 e. The van der Waals surface area contributed by atoms with Crippen molar-refractivity contribution in [3.8, 4) is 5.75 Å². The molecule has 0 saturated heterocycles. The Bertz CT molecular complexity index is 1180. The van der Waals surface area contributed by atoms with E-state index in [-0.39, 0.29) is 22.5 Å². The average Bonchev–Trinajstić information content (AvgIpc) is 2.75. The first-order valence-electron chi connectivity index (χ1n) is 9.53. The Balaban J connectivity index is 1.72. The van der Waals surface area contributed by atoms with Crippen LogP contribution in [0.25, 0.3) is 0 Å². The van der Waals surface area contributed by atoms with Crippen LogP contribution < -0.4 is 14.8 Å². The van der Waals surface area contributed by atoms with Crippen molar-refractivity contribution in [3.05, 3.63) is 89.2 Å². The van der Waals surface area contributed by atoms with Crippen LogP contribution in [-0.2, 0) is 10.0 Å². The van der Waals surface area contributed by atoms with Crippen LogP contribution in [-0.4, -0.2) is 21.4 Å². The summed E-state index contributed by atoms with van der Waals surface area (Å²) in [5.74, 6) is -0.131. The van der Waals surface area contributed by atoms with E-state index in [1.54, 1.807) is 7.11 Å². The summed E-state index contributed by atoms with van der Waals surface area (Å²) in [7, 11) is -2.30. The van der Waals surface area contributed by atoms with Gasteiger partial charge in [-0.05, 0) is 68.4 Å². The number of anilines is 1. The number of carbonyl (C=O) groups is 1. The molecule has 0 bridgehead atoms. The maximum Gasteiger partial charge on any atom is 0.261 e. The van der Waals surface area contributed by atoms with Crippen molar-refractivity contribution in [3.63, 3.8) is 0 Å². The summed E-state index contributed by atoms with van der Waals surface area (Å²) in [6.45, 7) is 3.80. The van der Waals surface area contributed by atoms with Gasteiger partial charge in [0.05, 0.1) is 18.0 Å². The molecular weight excluding hydrogens is 419 g/mol. The molecule has 2 N–H and O–H groups in total. The number of benzene rings is 3. The average molecular weight is 443 g/mol. The summed E-state index contributed by atoms with van der Waals surface area (Å²) in [6.07, 6.45) is 0. The molecule has 8 heteroatoms. The van der Waals surface area contributed by atoms with Crippen LogP contribution in [0.4, 0.5) is 10.1 Å². The highest BCUT2D eigenvalue weighted by Gasteiger charge is 2.18. The van der Waals surface area contributed by atoms with Crippen LogP contribution in [0.3, 0.4) is 0 Å². The lowest BCUT2D eigenvalue weighted by Gasteiger charge is -2.18. The van der Waals surface area contributed by atoms with Gasteiger partial charge in [0.25, 0.3) is 15.9 Å². The van der Waals surface area contributed by atoms with Crippen LogP contribution >= 0.6 is 0 Å². The molecule has 3 rings (SSSR count). The van der Waals surface area contributed by atoms with Crippen molar-refractivity contribution >= 4 is 21.6 Å². The summed E-state index contributed by atoms with van der Waals surface area (Å²) in [4.78, 5) is 12.6. The monoisotopic (exact) mass is 442 g/mol. The SMILES string of the molecule is COc1ccc(C)cc1C(C)NC(=O)c1ccc(S(=O)(=O)Nc2ccc(F)cc2)cc1. The second-order valence-electron chi connectivity index (χ2n) is 7.08. The van der Waals surface area contributed by atoms with E-state index in [2.05, 4.69) is 10.0 Å². The molecule has 0 fully saturated rings. The molecule has 3 aromatic rings. The molecule has 0 saturated carbocycles. The van der Waals surface area contributed by atoms with E-state index in [1.807, 2.05) is 32.0 Å². The first kappa shape index (κ1) is 22.3. The van der Waals surface area contributed by atoms with Gasteiger partial charge in [0, 0.05) is 16.8 Å². The van der Waals surface area contributed by atoms with Gasteiger partial charge in [0.2, 0.25) is 0 Å². The number of aryl methyl sites for hydroxylation is 1. The zero-order valence-corrected chi connectivity index (χ0v) is 18.2. The number of hydrogen-bond donors (Lipinski definition) is 2. The number of halogens is 1. The molecule has 0 aliphatic heterocycles. The van der Waals surface area contributed by atoms with Crippen molar-refractivity contribution < 1.29 is 22.3 Å². The molecule has 6 nitrogen and oxygen atoms in total. The number of ether oxygens (including phenoxy) is 1. The van der Waals surface area contributed by atoms with E-state index in [4.69, 9.17) is 4.74 Å². The Morgan fingerprint density at radius 1 is 1.00 bits per heavy atom. The molecule has 31 heavy (non-hydrogen) atoms. The van der Waals surface area contributed by atoms with Gasteiger partial charge in [-0.25, -0.2) is 12.8 Å². The Kier molecular flexibility index (Phi) is 6.60. The fourth-order valence-electron chi connectivity index (χ4n) is 3.07. The van der Waals surface area contributed by atoms with Crippen LogP contribution in [0.2, 0.25) is 0 Å². The number of sulfonamides is 1. The fraction of sp³-hybridized carbons (Fsp3) is 0.174. The van der Waals surface area contributed by atoms with Gasteiger partial charge in [0.1, 0.15) is 11.6 Å². The molecular formula is C23H23FN2O4S. The van der Waals surface area contributed by atoms with Crippen molar-refractivity contribution in [2.24, 2.45) is 0 Å². The Morgan fingerprint density at radius 3 is 2.26 bits per heavy atom. The third-order valence-electron chi connectivity index (χ3n) is 4.72. The zero-order chi connectivity index (χ0) is 22.6. The molecule has 0 spiro atoms. The first-order chi connectivity index (χ1) is 14.7. The number of carbonyl (C=O) groups excluding carboxylic acids is 1. The van der Waals surface area contributed by atoms with Crippen LogP contribution in [0, 0.1) is 12.7 Å². The lowest BCUT2D eigenvalue weighted by Crippen LogP contribution is -2.27.